The number of nitrogens with one attached hydrogen (secondary N) is 3. The molecule has 0 aliphatic carbocycles. The van der Waals surface area contributed by atoms with Gasteiger partial charge in [-0.1, -0.05) is 25.0 Å². The first kappa shape index (κ1) is 43.5. The van der Waals surface area contributed by atoms with Crippen molar-refractivity contribution >= 4 is 29.5 Å². The van der Waals surface area contributed by atoms with E-state index in [1.807, 2.05) is 6.07 Å². The second-order valence-electron chi connectivity index (χ2n) is 11.7. The van der Waals surface area contributed by atoms with E-state index >= 15 is 0 Å². The normalized spacial score (nSPS) is 11.3. The minimum atomic E-state index is -0.527. The fourth-order valence-corrected chi connectivity index (χ4v) is 4.08. The summed E-state index contributed by atoms with van der Waals surface area (Å²) in [5, 5.41) is 8.31. The number of benzene rings is 1. The van der Waals surface area contributed by atoms with Crippen molar-refractivity contribution < 1.29 is 47.5 Å². The molecule has 1 aromatic carbocycles. The Balaban J connectivity index is 1.96. The maximum Gasteiger partial charge on any atom is 0.407 e. The fourth-order valence-electron chi connectivity index (χ4n) is 3.89. The van der Waals surface area contributed by atoms with Crippen molar-refractivity contribution in [2.45, 2.75) is 65.0 Å². The highest BCUT2D eigenvalue weighted by Gasteiger charge is 2.15. The van der Waals surface area contributed by atoms with Gasteiger partial charge in [0.2, 0.25) is 5.91 Å². The first-order valence-electron chi connectivity index (χ1n) is 16.8. The molecule has 0 radical (unpaired) electrons. The average Bonchev–Trinajstić information content (AvgIpc) is 3.05. The van der Waals surface area contributed by atoms with Crippen LogP contribution in [0.2, 0.25) is 0 Å². The van der Waals surface area contributed by atoms with Crippen LogP contribution in [-0.2, 0) is 44.5 Å². The Morgan fingerprint density at radius 3 is 1.79 bits per heavy atom. The van der Waals surface area contributed by atoms with Crippen molar-refractivity contribution in [3.63, 3.8) is 0 Å². The molecule has 0 saturated carbocycles. The van der Waals surface area contributed by atoms with Crippen LogP contribution >= 0.6 is 11.6 Å². The lowest BCUT2D eigenvalue weighted by Gasteiger charge is -2.19. The van der Waals surface area contributed by atoms with Crippen LogP contribution in [0.15, 0.2) is 24.3 Å². The van der Waals surface area contributed by atoms with Gasteiger partial charge in [0.25, 0.3) is 5.91 Å². The molecule has 0 aliphatic heterocycles. The van der Waals surface area contributed by atoms with Gasteiger partial charge in [0, 0.05) is 44.1 Å². The smallest absolute Gasteiger partial charge is 0.407 e. The van der Waals surface area contributed by atoms with E-state index in [1.54, 1.807) is 39.0 Å². The Bertz CT molecular complexity index is 981. The van der Waals surface area contributed by atoms with Crippen molar-refractivity contribution in [1.82, 2.24) is 16.0 Å². The zero-order valence-electron chi connectivity index (χ0n) is 29.1. The number of carbonyl (C=O) groups excluding carboxylic acids is 3. The molecule has 48 heavy (non-hydrogen) atoms. The molecule has 0 aromatic heterocycles. The van der Waals surface area contributed by atoms with Crippen LogP contribution in [0.25, 0.3) is 0 Å². The molecular weight excluding hydrogens is 646 g/mol. The van der Waals surface area contributed by atoms with E-state index < -0.39 is 11.7 Å². The minimum absolute atomic E-state index is 0.144. The molecule has 1 rings (SSSR count). The minimum Gasteiger partial charge on any atom is -0.444 e. The number of ether oxygens (including phenoxy) is 7. The molecule has 0 heterocycles. The van der Waals surface area contributed by atoms with E-state index in [4.69, 9.17) is 44.8 Å². The lowest BCUT2D eigenvalue weighted by molar-refractivity contribution is -0.122. The zero-order chi connectivity index (χ0) is 35.1. The monoisotopic (exact) mass is 703 g/mol. The molecule has 0 bridgehead atoms. The van der Waals surface area contributed by atoms with Crippen molar-refractivity contribution in [3.8, 4) is 0 Å². The second-order valence-corrected chi connectivity index (χ2v) is 12.1. The Kier molecular flexibility index (Phi) is 26.6. The molecule has 14 heteroatoms. The van der Waals surface area contributed by atoms with Crippen molar-refractivity contribution in [1.29, 1.82) is 0 Å². The Morgan fingerprint density at radius 2 is 1.19 bits per heavy atom. The van der Waals surface area contributed by atoms with Crippen molar-refractivity contribution in [2.75, 3.05) is 98.3 Å². The Morgan fingerprint density at radius 1 is 0.646 bits per heavy atom. The number of hydrogen-bond acceptors (Lipinski definition) is 10. The fraction of sp³-hybridized carbons (Fsp3) is 0.735. The van der Waals surface area contributed by atoms with Gasteiger partial charge >= 0.3 is 6.09 Å². The number of carbonyl (C=O) groups is 3. The first-order valence-corrected chi connectivity index (χ1v) is 17.4. The third kappa shape index (κ3) is 27.4. The highest BCUT2D eigenvalue weighted by Crippen LogP contribution is 2.07. The summed E-state index contributed by atoms with van der Waals surface area (Å²) in [5.74, 6) is 0.372. The highest BCUT2D eigenvalue weighted by molar-refractivity contribution is 6.17. The van der Waals surface area contributed by atoms with Gasteiger partial charge < -0.3 is 49.1 Å². The Labute approximate surface area is 291 Å². The average molecular weight is 704 g/mol. The largest absolute Gasteiger partial charge is 0.444 e. The molecule has 1 aromatic rings. The maximum absolute atomic E-state index is 12.5. The van der Waals surface area contributed by atoms with Crippen LogP contribution in [0.3, 0.4) is 0 Å². The summed E-state index contributed by atoms with van der Waals surface area (Å²) in [7, 11) is 0. The summed E-state index contributed by atoms with van der Waals surface area (Å²) in [5.41, 5.74) is 0.816. The molecule has 0 unspecified atom stereocenters. The van der Waals surface area contributed by atoms with Crippen LogP contribution < -0.4 is 16.0 Å². The number of hydrogen-bond donors (Lipinski definition) is 3. The van der Waals surface area contributed by atoms with E-state index in [1.165, 1.54) is 0 Å². The van der Waals surface area contributed by atoms with Gasteiger partial charge in [-0.05, 0) is 51.3 Å². The van der Waals surface area contributed by atoms with Gasteiger partial charge in [-0.3, -0.25) is 9.59 Å². The van der Waals surface area contributed by atoms with Crippen LogP contribution in [0, 0.1) is 0 Å². The molecule has 3 N–H and O–H groups in total. The van der Waals surface area contributed by atoms with Crippen LogP contribution in [0.1, 0.15) is 68.8 Å². The maximum atomic E-state index is 12.5. The lowest BCUT2D eigenvalue weighted by atomic mass is 10.1. The predicted octanol–water partition coefficient (Wildman–Crippen LogP) is 3.85. The molecular formula is C34H58ClN3O10. The van der Waals surface area contributed by atoms with Gasteiger partial charge in [-0.2, -0.15) is 0 Å². The van der Waals surface area contributed by atoms with E-state index in [9.17, 15) is 14.4 Å². The van der Waals surface area contributed by atoms with Crippen LogP contribution in [0.4, 0.5) is 4.79 Å². The molecule has 13 nitrogen and oxygen atoms in total. The lowest BCUT2D eigenvalue weighted by Crippen LogP contribution is -2.34. The van der Waals surface area contributed by atoms with E-state index in [2.05, 4.69) is 16.0 Å². The molecule has 0 saturated heterocycles. The SMILES string of the molecule is CC(C)(C)OC(=O)NCCOCCOCCOCCOCCC(=O)NCc1cccc(C(=O)NCCOCCOCCCCCCCl)c1. The third-order valence-corrected chi connectivity index (χ3v) is 6.53. The molecule has 0 spiro atoms. The zero-order valence-corrected chi connectivity index (χ0v) is 29.9. The summed E-state index contributed by atoms with van der Waals surface area (Å²) < 4.78 is 37.9. The number of alkyl carbamates (subject to hydrolysis) is 1. The summed E-state index contributed by atoms with van der Waals surface area (Å²) >= 11 is 5.66. The molecule has 0 fully saturated rings. The number of unbranched alkanes of at least 4 members (excludes halogenated alkanes) is 3. The highest BCUT2D eigenvalue weighted by atomic mass is 35.5. The molecule has 0 atom stereocenters. The third-order valence-electron chi connectivity index (χ3n) is 6.26. The van der Waals surface area contributed by atoms with E-state index in [-0.39, 0.29) is 24.8 Å². The summed E-state index contributed by atoms with van der Waals surface area (Å²) in [6.45, 7) is 11.7. The summed E-state index contributed by atoms with van der Waals surface area (Å²) in [4.78, 5) is 36.2. The van der Waals surface area contributed by atoms with E-state index in [0.717, 1.165) is 37.9 Å². The molecule has 276 valence electrons. The quantitative estimate of drug-likeness (QED) is 0.0796. The summed E-state index contributed by atoms with van der Waals surface area (Å²) in [6.07, 6.45) is 4.08. The molecule has 3 amide bonds. The van der Waals surface area contributed by atoms with Gasteiger partial charge in [0.15, 0.2) is 0 Å². The van der Waals surface area contributed by atoms with Crippen LogP contribution in [-0.4, -0.2) is 122 Å². The van der Waals surface area contributed by atoms with Crippen molar-refractivity contribution in [3.05, 3.63) is 35.4 Å². The summed E-state index contributed by atoms with van der Waals surface area (Å²) in [6, 6.07) is 7.14. The van der Waals surface area contributed by atoms with Crippen LogP contribution in [0.5, 0.6) is 0 Å². The molecule has 0 aliphatic rings. The number of rotatable bonds is 30. The van der Waals surface area contributed by atoms with Crippen molar-refractivity contribution in [2.24, 2.45) is 0 Å². The Hall–Kier alpha value is -2.52. The number of amides is 3. The number of alkyl halides is 1. The standard InChI is InChI=1S/C34H58ClN3O10/c1-34(2,3)48-33(41)37-14-18-45-22-24-47-26-25-46-23-20-43-16-11-31(39)38-28-29-9-8-10-30(27-29)32(40)36-13-17-44-21-19-42-15-7-5-4-6-12-35/h8-10,27H,4-7,11-26,28H2,1-3H3,(H,36,40)(H,37,41)(H,38,39). The van der Waals surface area contributed by atoms with E-state index in [0.29, 0.717) is 97.1 Å². The number of halogens is 1. The predicted molar refractivity (Wildman–Crippen MR) is 184 cm³/mol. The van der Waals surface area contributed by atoms with Gasteiger partial charge in [-0.25, -0.2) is 4.79 Å². The van der Waals surface area contributed by atoms with Gasteiger partial charge in [0.1, 0.15) is 5.60 Å². The first-order chi connectivity index (χ1) is 23.2. The van der Waals surface area contributed by atoms with Gasteiger partial charge in [0.05, 0.1) is 72.7 Å². The van der Waals surface area contributed by atoms with Gasteiger partial charge in [-0.15, -0.1) is 11.6 Å². The second kappa shape index (κ2) is 29.4. The topological polar surface area (TPSA) is 152 Å².